The van der Waals surface area contributed by atoms with Crippen LogP contribution in [0.1, 0.15) is 62.3 Å². The van der Waals surface area contributed by atoms with Gasteiger partial charge in [-0.05, 0) is 48.9 Å². The lowest BCUT2D eigenvalue weighted by Crippen LogP contribution is -2.34. The molecule has 1 aliphatic rings. The van der Waals surface area contributed by atoms with Crippen LogP contribution < -0.4 is 10.6 Å². The number of nitrogens with zero attached hydrogens (tertiary/aromatic N) is 4. The van der Waals surface area contributed by atoms with Gasteiger partial charge in [0.25, 0.3) is 5.91 Å². The first-order valence-corrected chi connectivity index (χ1v) is 13.5. The Morgan fingerprint density at radius 1 is 1.00 bits per heavy atom. The Morgan fingerprint density at radius 2 is 1.75 bits per heavy atom. The van der Waals surface area contributed by atoms with Crippen LogP contribution in [0.5, 0.6) is 0 Å². The zero-order valence-electron chi connectivity index (χ0n) is 22.6. The van der Waals surface area contributed by atoms with Crippen molar-refractivity contribution in [2.45, 2.75) is 53.6 Å². The van der Waals surface area contributed by atoms with Gasteiger partial charge in [0.05, 0.1) is 19.6 Å². The summed E-state index contributed by atoms with van der Waals surface area (Å²) in [6, 6.07) is 7.94. The van der Waals surface area contributed by atoms with E-state index < -0.39 is 0 Å². The highest BCUT2D eigenvalue weighted by molar-refractivity contribution is 5.94. The van der Waals surface area contributed by atoms with Crippen molar-refractivity contribution >= 4 is 11.7 Å². The van der Waals surface area contributed by atoms with E-state index >= 15 is 0 Å². The van der Waals surface area contributed by atoms with E-state index in [-0.39, 0.29) is 5.91 Å². The van der Waals surface area contributed by atoms with Crippen LogP contribution >= 0.6 is 0 Å². The van der Waals surface area contributed by atoms with Crippen LogP contribution in [0, 0.1) is 11.8 Å². The van der Waals surface area contributed by atoms with Gasteiger partial charge in [0.2, 0.25) is 0 Å². The number of rotatable bonds is 16. The molecule has 1 aromatic carbocycles. The van der Waals surface area contributed by atoms with E-state index in [1.807, 2.05) is 30.5 Å². The molecule has 2 heterocycles. The molecule has 198 valence electrons. The third-order valence-electron chi connectivity index (χ3n) is 6.10. The fourth-order valence-electron chi connectivity index (χ4n) is 4.60. The average Bonchev–Trinajstić information content (AvgIpc) is 3.53. The Hall–Kier alpha value is -2.71. The molecule has 2 aromatic rings. The van der Waals surface area contributed by atoms with Crippen molar-refractivity contribution in [1.29, 1.82) is 0 Å². The van der Waals surface area contributed by atoms with Gasteiger partial charge in [-0.2, -0.15) is 0 Å². The molecule has 3 rings (SSSR count). The van der Waals surface area contributed by atoms with Crippen LogP contribution in [0.3, 0.4) is 0 Å². The highest BCUT2D eigenvalue weighted by Gasteiger charge is 2.15. The third-order valence-corrected chi connectivity index (χ3v) is 6.10. The molecule has 1 aliphatic heterocycles. The summed E-state index contributed by atoms with van der Waals surface area (Å²) in [4.78, 5) is 29.6. The number of nitrogens with one attached hydrogen (secondary N) is 3. The van der Waals surface area contributed by atoms with Crippen LogP contribution in [0.25, 0.3) is 0 Å². The van der Waals surface area contributed by atoms with Crippen molar-refractivity contribution < 1.29 is 4.79 Å². The summed E-state index contributed by atoms with van der Waals surface area (Å²) in [5, 5.41) is 6.44. The Balaban J connectivity index is 1.43. The molecule has 1 aromatic heterocycles. The second-order valence-electron chi connectivity index (χ2n) is 10.6. The summed E-state index contributed by atoms with van der Waals surface area (Å²) >= 11 is 0. The Bertz CT molecular complexity index is 912. The number of hydrogen-bond donors (Lipinski definition) is 3. The monoisotopic (exact) mass is 495 g/mol. The number of unbranched alkanes of at least 4 members (excludes halogenated alkanes) is 1. The number of amidine groups is 1. The topological polar surface area (TPSA) is 88.7 Å². The molecular formula is C28H45N7O. The summed E-state index contributed by atoms with van der Waals surface area (Å²) in [7, 11) is 0. The first-order chi connectivity index (χ1) is 17.4. The van der Waals surface area contributed by atoms with E-state index in [0.29, 0.717) is 30.5 Å². The molecule has 0 spiro atoms. The van der Waals surface area contributed by atoms with Gasteiger partial charge in [-0.3, -0.25) is 14.7 Å². The second-order valence-corrected chi connectivity index (χ2v) is 10.6. The standard InChI is InChI=1S/C28H45N7O/c1-22(2)17-34(18-23(3)4)16-6-5-11-33-28(36)25-9-7-24(8-10-25)19-35(20-26-29-12-13-30-26)21-27-31-14-15-32-27/h7-10,12-13,22-23H,5-6,11,14-21H2,1-4H3,(H,29,30)(H,31,32)(H,33,36). The van der Waals surface area contributed by atoms with E-state index in [4.69, 9.17) is 0 Å². The maximum Gasteiger partial charge on any atom is 0.251 e. The number of imidazole rings is 1. The molecule has 0 atom stereocenters. The van der Waals surface area contributed by atoms with Crippen LogP contribution in [-0.2, 0) is 13.1 Å². The van der Waals surface area contributed by atoms with Crippen LogP contribution in [0.2, 0.25) is 0 Å². The van der Waals surface area contributed by atoms with Crippen molar-refractivity contribution in [3.05, 3.63) is 53.6 Å². The second kappa shape index (κ2) is 14.8. The Morgan fingerprint density at radius 3 is 2.36 bits per heavy atom. The highest BCUT2D eigenvalue weighted by Crippen LogP contribution is 2.11. The van der Waals surface area contributed by atoms with Crippen molar-refractivity contribution in [3.8, 4) is 0 Å². The SMILES string of the molecule is CC(C)CN(CCCCNC(=O)c1ccc(CN(CC2=NCCN2)Cc2ncc[nH]2)cc1)CC(C)C. The van der Waals surface area contributed by atoms with Gasteiger partial charge in [0, 0.05) is 50.7 Å². The third kappa shape index (κ3) is 10.1. The predicted octanol–water partition coefficient (Wildman–Crippen LogP) is 3.54. The number of hydrogen-bond acceptors (Lipinski definition) is 6. The van der Waals surface area contributed by atoms with E-state index in [2.05, 4.69) is 63.1 Å². The van der Waals surface area contributed by atoms with Gasteiger partial charge >= 0.3 is 0 Å². The predicted molar refractivity (Wildman–Crippen MR) is 147 cm³/mol. The summed E-state index contributed by atoms with van der Waals surface area (Å²) < 4.78 is 0. The number of carbonyl (C=O) groups is 1. The fourth-order valence-corrected chi connectivity index (χ4v) is 4.60. The molecular weight excluding hydrogens is 450 g/mol. The lowest BCUT2D eigenvalue weighted by Gasteiger charge is -2.26. The van der Waals surface area contributed by atoms with Crippen molar-refractivity contribution in [3.63, 3.8) is 0 Å². The van der Waals surface area contributed by atoms with Gasteiger partial charge in [0.15, 0.2) is 0 Å². The minimum Gasteiger partial charge on any atom is -0.371 e. The van der Waals surface area contributed by atoms with Crippen LogP contribution in [0.4, 0.5) is 0 Å². The van der Waals surface area contributed by atoms with Gasteiger partial charge in [-0.25, -0.2) is 4.98 Å². The number of aromatic amines is 1. The first kappa shape index (κ1) is 27.9. The lowest BCUT2D eigenvalue weighted by atomic mass is 10.1. The summed E-state index contributed by atoms with van der Waals surface area (Å²) in [5.74, 6) is 3.31. The lowest BCUT2D eigenvalue weighted by molar-refractivity contribution is 0.0952. The molecule has 0 bridgehead atoms. The van der Waals surface area contributed by atoms with E-state index in [0.717, 1.165) is 75.9 Å². The number of aromatic nitrogens is 2. The molecule has 0 fully saturated rings. The number of H-pyrrole nitrogens is 1. The van der Waals surface area contributed by atoms with E-state index in [1.54, 1.807) is 6.20 Å². The maximum atomic E-state index is 12.6. The number of aliphatic imine (C=N–C) groups is 1. The van der Waals surface area contributed by atoms with Gasteiger partial charge in [-0.15, -0.1) is 0 Å². The Kier molecular flexibility index (Phi) is 11.4. The van der Waals surface area contributed by atoms with E-state index in [1.165, 1.54) is 0 Å². The van der Waals surface area contributed by atoms with Crippen molar-refractivity contribution in [2.24, 2.45) is 16.8 Å². The number of benzene rings is 1. The minimum atomic E-state index is -0.000259. The van der Waals surface area contributed by atoms with E-state index in [9.17, 15) is 4.79 Å². The normalized spacial score (nSPS) is 13.6. The first-order valence-electron chi connectivity index (χ1n) is 13.5. The quantitative estimate of drug-likeness (QED) is 0.310. The summed E-state index contributed by atoms with van der Waals surface area (Å²) in [6.07, 6.45) is 5.72. The Labute approximate surface area is 217 Å². The molecule has 0 aliphatic carbocycles. The van der Waals surface area contributed by atoms with Crippen molar-refractivity contribution in [2.75, 3.05) is 45.8 Å². The molecule has 0 radical (unpaired) electrons. The van der Waals surface area contributed by atoms with Gasteiger partial charge in [0.1, 0.15) is 11.7 Å². The number of carbonyl (C=O) groups excluding carboxylic acids is 1. The van der Waals surface area contributed by atoms with Gasteiger partial charge < -0.3 is 20.5 Å². The molecule has 8 heteroatoms. The molecule has 0 unspecified atom stereocenters. The molecule has 36 heavy (non-hydrogen) atoms. The van der Waals surface area contributed by atoms with Crippen LogP contribution in [0.15, 0.2) is 41.7 Å². The maximum absolute atomic E-state index is 12.6. The van der Waals surface area contributed by atoms with Crippen LogP contribution in [-0.4, -0.2) is 77.3 Å². The summed E-state index contributed by atoms with van der Waals surface area (Å²) in [6.45, 7) is 17.1. The highest BCUT2D eigenvalue weighted by atomic mass is 16.1. The largest absolute Gasteiger partial charge is 0.371 e. The summed E-state index contributed by atoms with van der Waals surface area (Å²) in [5.41, 5.74) is 1.87. The molecule has 0 saturated heterocycles. The zero-order valence-corrected chi connectivity index (χ0v) is 22.6. The smallest absolute Gasteiger partial charge is 0.251 e. The molecule has 8 nitrogen and oxygen atoms in total. The molecule has 0 saturated carbocycles. The average molecular weight is 496 g/mol. The van der Waals surface area contributed by atoms with Gasteiger partial charge in [-0.1, -0.05) is 39.8 Å². The fraction of sp³-hybridized carbons (Fsp3) is 0.607. The molecule has 3 N–H and O–H groups in total. The molecule has 1 amide bonds. The number of amides is 1. The minimum absolute atomic E-state index is 0.000259. The van der Waals surface area contributed by atoms with Crippen molar-refractivity contribution in [1.82, 2.24) is 30.4 Å². The zero-order chi connectivity index (χ0) is 25.8.